The summed E-state index contributed by atoms with van der Waals surface area (Å²) in [7, 11) is -2.99. The number of ether oxygens (including phenoxy) is 1. The number of amides is 1. The third kappa shape index (κ3) is 5.79. The molecule has 0 saturated heterocycles. The fourth-order valence-electron chi connectivity index (χ4n) is 3.59. The quantitative estimate of drug-likeness (QED) is 0.467. The lowest BCUT2D eigenvalue weighted by Crippen LogP contribution is -2.16. The molecule has 0 aliphatic rings. The summed E-state index contributed by atoms with van der Waals surface area (Å²) in [5, 5.41) is 3.54. The number of ketones is 1. The van der Waals surface area contributed by atoms with Crippen molar-refractivity contribution < 1.29 is 27.3 Å². The average molecular weight is 456 g/mol. The van der Waals surface area contributed by atoms with E-state index >= 15 is 0 Å². The number of rotatable bonds is 9. The second-order valence-electron chi connectivity index (χ2n) is 7.59. The van der Waals surface area contributed by atoms with Crippen LogP contribution in [0.2, 0.25) is 0 Å². The first-order valence-corrected chi connectivity index (χ1v) is 11.5. The van der Waals surface area contributed by atoms with Crippen LogP contribution >= 0.6 is 0 Å². The van der Waals surface area contributed by atoms with E-state index in [4.69, 9.17) is 4.74 Å². The van der Waals surface area contributed by atoms with E-state index < -0.39 is 16.0 Å². The number of benzene rings is 3. The summed E-state index contributed by atoms with van der Waals surface area (Å²) in [5.41, 5.74) is 1.33. The Kier molecular flexibility index (Phi) is 7.40. The van der Waals surface area contributed by atoms with Crippen LogP contribution < -0.4 is 5.32 Å². The molecular weight excluding hydrogens is 430 g/mol. The maximum absolute atomic E-state index is 12.7. The van der Waals surface area contributed by atoms with Crippen molar-refractivity contribution in [1.82, 2.24) is 0 Å². The second-order valence-corrected chi connectivity index (χ2v) is 8.95. The van der Waals surface area contributed by atoms with Crippen molar-refractivity contribution in [2.24, 2.45) is 0 Å². The van der Waals surface area contributed by atoms with E-state index in [1.54, 1.807) is 61.7 Å². The van der Waals surface area contributed by atoms with Gasteiger partial charge in [-0.15, -0.1) is 0 Å². The molecule has 1 atom stereocenters. The summed E-state index contributed by atoms with van der Waals surface area (Å²) in [4.78, 5) is 23.7. The summed E-state index contributed by atoms with van der Waals surface area (Å²) >= 11 is 0. The molecular formula is C24H25NO6S. The topological polar surface area (TPSA) is 110 Å². The Morgan fingerprint density at radius 3 is 2.34 bits per heavy atom. The Balaban J connectivity index is 1.77. The van der Waals surface area contributed by atoms with Gasteiger partial charge in [-0.05, 0) is 48.9 Å². The molecule has 0 fully saturated rings. The van der Waals surface area contributed by atoms with Gasteiger partial charge in [-0.25, -0.2) is 0 Å². The maximum atomic E-state index is 12.7. The van der Waals surface area contributed by atoms with Gasteiger partial charge in [0.25, 0.3) is 16.0 Å². The standard InChI is InChI=1S/C24H25NO6S/c1-16(26)15-20(31-2)13-9-17-7-10-19(11-8-17)24(27)25-22-14-12-18-5-3-4-6-21(18)23(22)32(28,29)30/h3-8,10-12,14,20H,9,13,15H2,1-2H3,(H,25,27)(H,28,29,30). The highest BCUT2D eigenvalue weighted by atomic mass is 32.2. The van der Waals surface area contributed by atoms with Crippen LogP contribution in [0.1, 0.15) is 35.7 Å². The van der Waals surface area contributed by atoms with Crippen molar-refractivity contribution in [3.63, 3.8) is 0 Å². The molecule has 3 aromatic carbocycles. The number of methoxy groups -OCH3 is 1. The first-order valence-electron chi connectivity index (χ1n) is 10.1. The molecule has 7 nitrogen and oxygen atoms in total. The van der Waals surface area contributed by atoms with Gasteiger partial charge in [-0.2, -0.15) is 8.42 Å². The summed E-state index contributed by atoms with van der Waals surface area (Å²) in [6, 6.07) is 16.7. The largest absolute Gasteiger partial charge is 0.381 e. The molecule has 0 spiro atoms. The minimum absolute atomic E-state index is 0.00689. The SMILES string of the molecule is COC(CCc1ccc(C(=O)Nc2ccc3ccccc3c2S(=O)(=O)O)cc1)CC(C)=O. The zero-order chi connectivity index (χ0) is 23.3. The van der Waals surface area contributed by atoms with Crippen molar-refractivity contribution in [1.29, 1.82) is 0 Å². The summed E-state index contributed by atoms with van der Waals surface area (Å²) in [6.45, 7) is 1.53. The van der Waals surface area contributed by atoms with E-state index in [1.165, 1.54) is 13.0 Å². The van der Waals surface area contributed by atoms with Crippen molar-refractivity contribution >= 4 is 38.3 Å². The third-order valence-electron chi connectivity index (χ3n) is 5.21. The summed E-state index contributed by atoms with van der Waals surface area (Å²) < 4.78 is 39.1. The number of carbonyl (C=O) groups excluding carboxylic acids is 2. The van der Waals surface area contributed by atoms with Crippen molar-refractivity contribution in [2.45, 2.75) is 37.2 Å². The molecule has 3 rings (SSSR count). The van der Waals surface area contributed by atoms with E-state index in [-0.39, 0.29) is 22.5 Å². The van der Waals surface area contributed by atoms with Crippen LogP contribution in [0.15, 0.2) is 65.6 Å². The number of carbonyl (C=O) groups is 2. The van der Waals surface area contributed by atoms with Crippen LogP contribution in [0, 0.1) is 0 Å². The zero-order valence-corrected chi connectivity index (χ0v) is 18.7. The first kappa shape index (κ1) is 23.6. The van der Waals surface area contributed by atoms with Gasteiger partial charge in [0, 0.05) is 24.5 Å². The van der Waals surface area contributed by atoms with Crippen LogP contribution in [-0.2, 0) is 26.1 Å². The van der Waals surface area contributed by atoms with Crippen LogP contribution in [0.4, 0.5) is 5.69 Å². The minimum Gasteiger partial charge on any atom is -0.381 e. The number of anilines is 1. The lowest BCUT2D eigenvalue weighted by molar-refractivity contribution is -0.119. The molecule has 1 amide bonds. The molecule has 1 unspecified atom stereocenters. The number of hydrogen-bond acceptors (Lipinski definition) is 5. The zero-order valence-electron chi connectivity index (χ0n) is 17.9. The first-order chi connectivity index (χ1) is 15.2. The Hall–Kier alpha value is -3.07. The van der Waals surface area contributed by atoms with Gasteiger partial charge < -0.3 is 10.1 Å². The monoisotopic (exact) mass is 455 g/mol. The van der Waals surface area contributed by atoms with Gasteiger partial charge in [0.05, 0.1) is 11.8 Å². The number of fused-ring (bicyclic) bond motifs is 1. The number of aryl methyl sites for hydroxylation is 1. The highest BCUT2D eigenvalue weighted by Gasteiger charge is 2.21. The van der Waals surface area contributed by atoms with Crippen LogP contribution in [0.3, 0.4) is 0 Å². The predicted octanol–water partition coefficient (Wildman–Crippen LogP) is 4.27. The molecule has 0 heterocycles. The normalized spacial score (nSPS) is 12.5. The van der Waals surface area contributed by atoms with E-state index in [9.17, 15) is 22.6 Å². The molecule has 168 valence electrons. The summed E-state index contributed by atoms with van der Waals surface area (Å²) in [6.07, 6.45) is 1.57. The van der Waals surface area contributed by atoms with Crippen LogP contribution in [0.5, 0.6) is 0 Å². The van der Waals surface area contributed by atoms with E-state index in [0.29, 0.717) is 35.6 Å². The minimum atomic E-state index is -4.57. The fraction of sp³-hybridized carbons (Fsp3) is 0.250. The van der Waals surface area contributed by atoms with Crippen molar-refractivity contribution in [2.75, 3.05) is 12.4 Å². The van der Waals surface area contributed by atoms with E-state index in [0.717, 1.165) is 5.56 Å². The molecule has 0 aliphatic carbocycles. The average Bonchev–Trinajstić information content (AvgIpc) is 2.75. The number of hydrogen-bond donors (Lipinski definition) is 2. The smallest absolute Gasteiger partial charge is 0.297 e. The lowest BCUT2D eigenvalue weighted by Gasteiger charge is -2.14. The lowest BCUT2D eigenvalue weighted by atomic mass is 10.0. The third-order valence-corrected chi connectivity index (χ3v) is 6.16. The Bertz CT molecular complexity index is 1240. The Labute approximate surface area is 187 Å². The van der Waals surface area contributed by atoms with Gasteiger partial charge in [0.2, 0.25) is 0 Å². The fourth-order valence-corrected chi connectivity index (χ4v) is 4.45. The van der Waals surface area contributed by atoms with E-state index in [2.05, 4.69) is 5.32 Å². The molecule has 0 aromatic heterocycles. The molecule has 2 N–H and O–H groups in total. The molecule has 32 heavy (non-hydrogen) atoms. The Morgan fingerprint density at radius 1 is 1.03 bits per heavy atom. The molecule has 0 radical (unpaired) electrons. The number of Topliss-reactive ketones (excluding diaryl/α,β-unsaturated/α-hetero) is 1. The second kappa shape index (κ2) is 10.0. The van der Waals surface area contributed by atoms with Crippen LogP contribution in [0.25, 0.3) is 10.8 Å². The molecule has 0 bridgehead atoms. The molecule has 8 heteroatoms. The van der Waals surface area contributed by atoms with Crippen molar-refractivity contribution in [3.8, 4) is 0 Å². The van der Waals surface area contributed by atoms with Gasteiger partial charge >= 0.3 is 0 Å². The maximum Gasteiger partial charge on any atom is 0.297 e. The van der Waals surface area contributed by atoms with Gasteiger partial charge in [-0.3, -0.25) is 14.1 Å². The molecule has 0 aliphatic heterocycles. The highest BCUT2D eigenvalue weighted by molar-refractivity contribution is 7.86. The number of nitrogens with one attached hydrogen (secondary N) is 1. The van der Waals surface area contributed by atoms with Gasteiger partial charge in [-0.1, -0.05) is 42.5 Å². The molecule has 0 saturated carbocycles. The van der Waals surface area contributed by atoms with Gasteiger partial charge in [0.1, 0.15) is 10.7 Å². The summed E-state index contributed by atoms with van der Waals surface area (Å²) in [5.74, 6) is -0.426. The molecule has 3 aromatic rings. The Morgan fingerprint density at radius 2 is 1.72 bits per heavy atom. The predicted molar refractivity (Wildman–Crippen MR) is 123 cm³/mol. The van der Waals surface area contributed by atoms with Crippen LogP contribution in [-0.4, -0.2) is 37.9 Å². The van der Waals surface area contributed by atoms with E-state index in [1.807, 2.05) is 0 Å². The van der Waals surface area contributed by atoms with Gasteiger partial charge in [0.15, 0.2) is 0 Å². The highest BCUT2D eigenvalue weighted by Crippen LogP contribution is 2.30. The van der Waals surface area contributed by atoms with Crippen molar-refractivity contribution in [3.05, 3.63) is 71.8 Å².